The Morgan fingerprint density at radius 2 is 1.71 bits per heavy atom. The van der Waals surface area contributed by atoms with E-state index in [1.54, 1.807) is 6.07 Å². The summed E-state index contributed by atoms with van der Waals surface area (Å²) in [6.07, 6.45) is 1.36. The third-order valence-electron chi connectivity index (χ3n) is 2.21. The summed E-state index contributed by atoms with van der Waals surface area (Å²) in [6.45, 7) is 0. The van der Waals surface area contributed by atoms with Crippen LogP contribution in [0.1, 0.15) is 10.5 Å². The van der Waals surface area contributed by atoms with Crippen molar-refractivity contribution in [3.8, 4) is 11.1 Å². The molecular formula is C12H8F2N2O. The summed E-state index contributed by atoms with van der Waals surface area (Å²) in [4.78, 5) is 14.7. The van der Waals surface area contributed by atoms with Crippen LogP contribution in [0.5, 0.6) is 0 Å². The minimum absolute atomic E-state index is 0.0483. The molecule has 1 aromatic carbocycles. The summed E-state index contributed by atoms with van der Waals surface area (Å²) in [7, 11) is 0. The van der Waals surface area contributed by atoms with Gasteiger partial charge in [-0.05, 0) is 35.4 Å². The summed E-state index contributed by atoms with van der Waals surface area (Å²) < 4.78 is 26.1. The van der Waals surface area contributed by atoms with Crippen LogP contribution in [-0.2, 0) is 0 Å². The van der Waals surface area contributed by atoms with Gasteiger partial charge in [0.25, 0.3) is 5.91 Å². The molecule has 0 aliphatic heterocycles. The standard InChI is InChI=1S/C12H8F2N2O/c13-9-3-8(4-10(14)6-9)7-1-2-16-11(5-7)12(15)17/h1-6H,(H2,15,17). The fourth-order valence-corrected chi connectivity index (χ4v) is 1.47. The number of hydrogen-bond acceptors (Lipinski definition) is 2. The maximum atomic E-state index is 13.0. The van der Waals surface area contributed by atoms with Crippen molar-refractivity contribution >= 4 is 5.91 Å². The predicted molar refractivity (Wildman–Crippen MR) is 58.1 cm³/mol. The molecule has 0 radical (unpaired) electrons. The molecule has 5 heteroatoms. The molecule has 0 fully saturated rings. The van der Waals surface area contributed by atoms with Crippen LogP contribution in [0.3, 0.4) is 0 Å². The third-order valence-corrected chi connectivity index (χ3v) is 2.21. The molecule has 1 heterocycles. The fourth-order valence-electron chi connectivity index (χ4n) is 1.47. The maximum Gasteiger partial charge on any atom is 0.267 e. The number of primary amides is 1. The Hall–Kier alpha value is -2.30. The molecule has 0 spiro atoms. The number of pyridine rings is 1. The van der Waals surface area contributed by atoms with Crippen molar-refractivity contribution in [1.82, 2.24) is 4.98 Å². The van der Waals surface area contributed by atoms with Crippen LogP contribution in [0, 0.1) is 11.6 Å². The molecular weight excluding hydrogens is 226 g/mol. The largest absolute Gasteiger partial charge is 0.364 e. The molecule has 1 aromatic heterocycles. The van der Waals surface area contributed by atoms with Crippen LogP contribution in [-0.4, -0.2) is 10.9 Å². The van der Waals surface area contributed by atoms with E-state index in [9.17, 15) is 13.6 Å². The van der Waals surface area contributed by atoms with E-state index in [4.69, 9.17) is 5.73 Å². The van der Waals surface area contributed by atoms with Crippen molar-refractivity contribution in [3.05, 3.63) is 53.9 Å². The Labute approximate surface area is 95.9 Å². The van der Waals surface area contributed by atoms with Gasteiger partial charge in [0, 0.05) is 12.3 Å². The van der Waals surface area contributed by atoms with Gasteiger partial charge >= 0.3 is 0 Å². The predicted octanol–water partition coefficient (Wildman–Crippen LogP) is 2.13. The fraction of sp³-hybridized carbons (Fsp3) is 0. The molecule has 86 valence electrons. The number of amides is 1. The number of hydrogen-bond donors (Lipinski definition) is 1. The van der Waals surface area contributed by atoms with E-state index in [0.29, 0.717) is 11.1 Å². The quantitative estimate of drug-likeness (QED) is 0.865. The van der Waals surface area contributed by atoms with Crippen LogP contribution in [0.15, 0.2) is 36.5 Å². The lowest BCUT2D eigenvalue weighted by Crippen LogP contribution is -2.12. The smallest absolute Gasteiger partial charge is 0.267 e. The molecule has 0 saturated carbocycles. The minimum atomic E-state index is -0.691. The first-order chi connectivity index (χ1) is 8.06. The van der Waals surface area contributed by atoms with Gasteiger partial charge < -0.3 is 5.73 Å². The zero-order chi connectivity index (χ0) is 12.4. The first-order valence-corrected chi connectivity index (χ1v) is 4.78. The Morgan fingerprint density at radius 3 is 2.29 bits per heavy atom. The molecule has 0 saturated heterocycles. The second-order valence-electron chi connectivity index (χ2n) is 3.45. The Kier molecular flexibility index (Phi) is 2.82. The molecule has 2 aromatic rings. The highest BCUT2D eigenvalue weighted by molar-refractivity contribution is 5.92. The average molecular weight is 234 g/mol. The van der Waals surface area contributed by atoms with E-state index in [1.165, 1.54) is 24.4 Å². The van der Waals surface area contributed by atoms with Crippen LogP contribution < -0.4 is 5.73 Å². The lowest BCUT2D eigenvalue weighted by Gasteiger charge is -2.03. The lowest BCUT2D eigenvalue weighted by atomic mass is 10.1. The molecule has 2 rings (SSSR count). The van der Waals surface area contributed by atoms with Crippen LogP contribution >= 0.6 is 0 Å². The van der Waals surface area contributed by atoms with E-state index in [-0.39, 0.29) is 5.69 Å². The molecule has 0 aliphatic rings. The molecule has 17 heavy (non-hydrogen) atoms. The summed E-state index contributed by atoms with van der Waals surface area (Å²) >= 11 is 0. The number of carbonyl (C=O) groups is 1. The molecule has 2 N–H and O–H groups in total. The van der Waals surface area contributed by atoms with Gasteiger partial charge in [0.1, 0.15) is 17.3 Å². The normalized spacial score (nSPS) is 10.2. The molecule has 0 aliphatic carbocycles. The first kappa shape index (κ1) is 11.2. The van der Waals surface area contributed by atoms with Crippen molar-refractivity contribution in [3.63, 3.8) is 0 Å². The second-order valence-corrected chi connectivity index (χ2v) is 3.45. The van der Waals surface area contributed by atoms with Crippen LogP contribution in [0.2, 0.25) is 0 Å². The zero-order valence-corrected chi connectivity index (χ0v) is 8.65. The highest BCUT2D eigenvalue weighted by Gasteiger charge is 2.07. The molecule has 3 nitrogen and oxygen atoms in total. The van der Waals surface area contributed by atoms with E-state index in [1.807, 2.05) is 0 Å². The van der Waals surface area contributed by atoms with Gasteiger partial charge in [-0.3, -0.25) is 9.78 Å². The van der Waals surface area contributed by atoms with Gasteiger partial charge in [0.15, 0.2) is 0 Å². The van der Waals surface area contributed by atoms with Crippen molar-refractivity contribution in [2.24, 2.45) is 5.73 Å². The number of nitrogens with two attached hydrogens (primary N) is 1. The maximum absolute atomic E-state index is 13.0. The third kappa shape index (κ3) is 2.44. The van der Waals surface area contributed by atoms with Crippen LogP contribution in [0.25, 0.3) is 11.1 Å². The van der Waals surface area contributed by atoms with E-state index in [0.717, 1.165) is 6.07 Å². The summed E-state index contributed by atoms with van der Waals surface area (Å²) in [6, 6.07) is 6.04. The van der Waals surface area contributed by atoms with Crippen molar-refractivity contribution < 1.29 is 13.6 Å². The Balaban J connectivity index is 2.52. The Morgan fingerprint density at radius 1 is 1.06 bits per heavy atom. The Bertz CT molecular complexity index is 564. The number of nitrogens with zero attached hydrogens (tertiary/aromatic N) is 1. The number of rotatable bonds is 2. The molecule has 1 amide bonds. The van der Waals surface area contributed by atoms with E-state index < -0.39 is 17.5 Å². The lowest BCUT2D eigenvalue weighted by molar-refractivity contribution is 0.0995. The highest BCUT2D eigenvalue weighted by Crippen LogP contribution is 2.21. The van der Waals surface area contributed by atoms with Crippen molar-refractivity contribution in [2.45, 2.75) is 0 Å². The number of aromatic nitrogens is 1. The van der Waals surface area contributed by atoms with E-state index in [2.05, 4.69) is 4.98 Å². The number of carbonyl (C=O) groups excluding carboxylic acids is 1. The monoisotopic (exact) mass is 234 g/mol. The zero-order valence-electron chi connectivity index (χ0n) is 8.65. The van der Waals surface area contributed by atoms with Gasteiger partial charge in [-0.25, -0.2) is 8.78 Å². The summed E-state index contributed by atoms with van der Waals surface area (Å²) in [5.41, 5.74) is 5.92. The SMILES string of the molecule is NC(=O)c1cc(-c2cc(F)cc(F)c2)ccn1. The van der Waals surface area contributed by atoms with Gasteiger partial charge in [0.2, 0.25) is 0 Å². The molecule has 0 bridgehead atoms. The van der Waals surface area contributed by atoms with Gasteiger partial charge in [-0.15, -0.1) is 0 Å². The number of halogens is 2. The first-order valence-electron chi connectivity index (χ1n) is 4.78. The highest BCUT2D eigenvalue weighted by atomic mass is 19.1. The molecule has 0 atom stereocenters. The number of benzene rings is 1. The van der Waals surface area contributed by atoms with E-state index >= 15 is 0 Å². The van der Waals surface area contributed by atoms with Gasteiger partial charge in [0.05, 0.1) is 0 Å². The van der Waals surface area contributed by atoms with Crippen molar-refractivity contribution in [2.75, 3.05) is 0 Å². The van der Waals surface area contributed by atoms with Gasteiger partial charge in [-0.2, -0.15) is 0 Å². The minimum Gasteiger partial charge on any atom is -0.364 e. The summed E-state index contributed by atoms with van der Waals surface area (Å²) in [5.74, 6) is -2.06. The summed E-state index contributed by atoms with van der Waals surface area (Å²) in [5, 5.41) is 0. The van der Waals surface area contributed by atoms with Crippen molar-refractivity contribution in [1.29, 1.82) is 0 Å². The second kappa shape index (κ2) is 4.29. The average Bonchev–Trinajstić information content (AvgIpc) is 2.28. The van der Waals surface area contributed by atoms with Gasteiger partial charge in [-0.1, -0.05) is 0 Å². The molecule has 0 unspecified atom stereocenters. The topological polar surface area (TPSA) is 56.0 Å². The van der Waals surface area contributed by atoms with Crippen LogP contribution in [0.4, 0.5) is 8.78 Å².